The van der Waals surface area contributed by atoms with E-state index in [0.29, 0.717) is 18.3 Å². The van der Waals surface area contributed by atoms with Gasteiger partial charge in [-0.3, -0.25) is 9.55 Å². The van der Waals surface area contributed by atoms with E-state index in [1.807, 2.05) is 65.0 Å². The number of hydrogen-bond acceptors (Lipinski definition) is 6. The molecule has 1 N–H and O–H groups in total. The number of imidazole rings is 2. The highest BCUT2D eigenvalue weighted by atomic mass is 16.1. The third-order valence-electron chi connectivity index (χ3n) is 5.86. The summed E-state index contributed by atoms with van der Waals surface area (Å²) in [5, 5.41) is 14.0. The molecular formula is C24H25N9O. The first-order valence-corrected chi connectivity index (χ1v) is 11.3. The van der Waals surface area contributed by atoms with Crippen LogP contribution in [0.5, 0.6) is 0 Å². The van der Waals surface area contributed by atoms with E-state index < -0.39 is 0 Å². The second kappa shape index (κ2) is 9.26. The summed E-state index contributed by atoms with van der Waals surface area (Å²) >= 11 is 0. The number of rotatable bonds is 8. The maximum absolute atomic E-state index is 13.5. The Morgan fingerprint density at radius 1 is 1.03 bits per heavy atom. The molecule has 0 unspecified atom stereocenters. The van der Waals surface area contributed by atoms with Crippen molar-refractivity contribution in [3.05, 3.63) is 83.1 Å². The maximum atomic E-state index is 13.5. The zero-order valence-corrected chi connectivity index (χ0v) is 19.1. The van der Waals surface area contributed by atoms with Crippen LogP contribution in [-0.4, -0.2) is 44.3 Å². The number of aromatic amines is 1. The van der Waals surface area contributed by atoms with Crippen LogP contribution in [0.25, 0.3) is 28.5 Å². The van der Waals surface area contributed by atoms with Crippen LogP contribution in [0.4, 0.5) is 0 Å². The number of aromatic nitrogens is 9. The fourth-order valence-corrected chi connectivity index (χ4v) is 4.16. The lowest BCUT2D eigenvalue weighted by Gasteiger charge is -2.12. The van der Waals surface area contributed by atoms with Crippen molar-refractivity contribution in [2.45, 2.75) is 39.8 Å². The standard InChI is InChI=1S/C24H25N9O/c1-3-5-20-16-33(23-26-12-13-31(23)4-2)24(34)32(20)15-19-14-25-11-10-21(19)17-6-8-18(9-7-17)22-27-29-30-28-22/h6-14,16H,3-5,15H2,1-2H3,(H,27,28,29,30). The van der Waals surface area contributed by atoms with E-state index in [1.165, 1.54) is 0 Å². The SMILES string of the molecule is CCCc1cn(-c2nccn2CC)c(=O)n1Cc1cnccc1-c1ccc(-c2nnn[nH]2)cc1. The highest BCUT2D eigenvalue weighted by molar-refractivity contribution is 5.69. The minimum atomic E-state index is -0.104. The molecule has 1 aromatic carbocycles. The first-order chi connectivity index (χ1) is 16.7. The molecule has 10 heteroatoms. The van der Waals surface area contributed by atoms with Crippen molar-refractivity contribution in [2.24, 2.45) is 0 Å². The third kappa shape index (κ3) is 3.94. The fraction of sp³-hybridized carbons (Fsp3) is 0.250. The van der Waals surface area contributed by atoms with Crippen molar-refractivity contribution in [3.8, 4) is 28.5 Å². The predicted molar refractivity (Wildman–Crippen MR) is 127 cm³/mol. The smallest absolute Gasteiger partial charge is 0.317 e. The molecule has 0 amide bonds. The minimum absolute atomic E-state index is 0.104. The number of aryl methyl sites for hydroxylation is 2. The Morgan fingerprint density at radius 3 is 2.59 bits per heavy atom. The highest BCUT2D eigenvalue weighted by Gasteiger charge is 2.17. The van der Waals surface area contributed by atoms with Gasteiger partial charge in [0.2, 0.25) is 5.95 Å². The lowest BCUT2D eigenvalue weighted by molar-refractivity contribution is 0.669. The minimum Gasteiger partial charge on any atom is -0.317 e. The first-order valence-electron chi connectivity index (χ1n) is 11.3. The Morgan fingerprint density at radius 2 is 1.85 bits per heavy atom. The Kier molecular flexibility index (Phi) is 5.86. The number of nitrogens with one attached hydrogen (secondary N) is 1. The van der Waals surface area contributed by atoms with Crippen molar-refractivity contribution in [1.29, 1.82) is 0 Å². The molecule has 0 aliphatic rings. The first kappa shape index (κ1) is 21.5. The maximum Gasteiger partial charge on any atom is 0.335 e. The number of hydrogen-bond donors (Lipinski definition) is 1. The molecule has 0 spiro atoms. The van der Waals surface area contributed by atoms with Crippen LogP contribution >= 0.6 is 0 Å². The van der Waals surface area contributed by atoms with Crippen LogP contribution < -0.4 is 5.69 Å². The average molecular weight is 456 g/mol. The largest absolute Gasteiger partial charge is 0.335 e. The van der Waals surface area contributed by atoms with Gasteiger partial charge in [-0.25, -0.2) is 19.4 Å². The molecular weight excluding hydrogens is 430 g/mol. The van der Waals surface area contributed by atoms with Crippen molar-refractivity contribution in [1.82, 2.24) is 44.3 Å². The van der Waals surface area contributed by atoms with Gasteiger partial charge in [-0.1, -0.05) is 37.6 Å². The van der Waals surface area contributed by atoms with Gasteiger partial charge in [0.1, 0.15) is 0 Å². The molecule has 0 saturated carbocycles. The van der Waals surface area contributed by atoms with E-state index in [2.05, 4.69) is 37.5 Å². The molecule has 0 fully saturated rings. The van der Waals surface area contributed by atoms with E-state index in [1.54, 1.807) is 17.0 Å². The van der Waals surface area contributed by atoms with Gasteiger partial charge in [-0.2, -0.15) is 0 Å². The quantitative estimate of drug-likeness (QED) is 0.385. The number of H-pyrrole nitrogens is 1. The van der Waals surface area contributed by atoms with Gasteiger partial charge in [0.15, 0.2) is 5.82 Å². The number of tetrazole rings is 1. The second-order valence-electron chi connectivity index (χ2n) is 7.98. The van der Waals surface area contributed by atoms with Crippen molar-refractivity contribution in [3.63, 3.8) is 0 Å². The Bertz CT molecular complexity index is 1440. The molecule has 172 valence electrons. The summed E-state index contributed by atoms with van der Waals surface area (Å²) in [6.07, 6.45) is 10.9. The van der Waals surface area contributed by atoms with Crippen molar-refractivity contribution >= 4 is 0 Å². The summed E-state index contributed by atoms with van der Waals surface area (Å²) < 4.78 is 5.43. The van der Waals surface area contributed by atoms with Gasteiger partial charge >= 0.3 is 5.69 Å². The lowest BCUT2D eigenvalue weighted by Crippen LogP contribution is -2.26. The molecule has 0 radical (unpaired) electrons. The monoisotopic (exact) mass is 455 g/mol. The summed E-state index contributed by atoms with van der Waals surface area (Å²) in [5.41, 5.74) is 4.78. The van der Waals surface area contributed by atoms with Gasteiger partial charge in [0.25, 0.3) is 0 Å². The molecule has 5 aromatic rings. The van der Waals surface area contributed by atoms with Crippen LogP contribution in [0.15, 0.2) is 66.1 Å². The molecule has 0 bridgehead atoms. The predicted octanol–water partition coefficient (Wildman–Crippen LogP) is 3.10. The molecule has 5 rings (SSSR count). The molecule has 0 aliphatic heterocycles. The van der Waals surface area contributed by atoms with Crippen LogP contribution in [0.1, 0.15) is 31.5 Å². The van der Waals surface area contributed by atoms with Gasteiger partial charge in [-0.05, 0) is 46.5 Å². The summed E-state index contributed by atoms with van der Waals surface area (Å²) in [7, 11) is 0. The topological polar surface area (TPSA) is 112 Å². The number of nitrogens with zero attached hydrogens (tertiary/aromatic N) is 8. The van der Waals surface area contributed by atoms with E-state index in [-0.39, 0.29) is 5.69 Å². The van der Waals surface area contributed by atoms with Crippen molar-refractivity contribution in [2.75, 3.05) is 0 Å². The third-order valence-corrected chi connectivity index (χ3v) is 5.86. The summed E-state index contributed by atoms with van der Waals surface area (Å²) in [5.74, 6) is 1.25. The molecule has 10 nitrogen and oxygen atoms in total. The van der Waals surface area contributed by atoms with E-state index in [4.69, 9.17) is 0 Å². The summed E-state index contributed by atoms with van der Waals surface area (Å²) in [4.78, 5) is 22.3. The molecule has 0 atom stereocenters. The average Bonchev–Trinajstić information content (AvgIpc) is 3.62. The van der Waals surface area contributed by atoms with Crippen molar-refractivity contribution < 1.29 is 0 Å². The van der Waals surface area contributed by atoms with Crippen LogP contribution in [0.3, 0.4) is 0 Å². The molecule has 0 saturated heterocycles. The van der Waals surface area contributed by atoms with Crippen LogP contribution in [0.2, 0.25) is 0 Å². The Hall–Kier alpha value is -4.34. The molecule has 34 heavy (non-hydrogen) atoms. The van der Waals surface area contributed by atoms with E-state index in [0.717, 1.165) is 47.3 Å². The van der Waals surface area contributed by atoms with Gasteiger partial charge in [0, 0.05) is 48.8 Å². The highest BCUT2D eigenvalue weighted by Crippen LogP contribution is 2.26. The fourth-order valence-electron chi connectivity index (χ4n) is 4.16. The van der Waals surface area contributed by atoms with Gasteiger partial charge in [-0.15, -0.1) is 5.10 Å². The zero-order chi connectivity index (χ0) is 23.5. The molecule has 4 aromatic heterocycles. The van der Waals surface area contributed by atoms with Gasteiger partial charge in [0.05, 0.1) is 6.54 Å². The lowest BCUT2D eigenvalue weighted by atomic mass is 10.00. The summed E-state index contributed by atoms with van der Waals surface area (Å²) in [6.45, 7) is 5.31. The van der Waals surface area contributed by atoms with Crippen LogP contribution in [-0.2, 0) is 19.5 Å². The zero-order valence-electron chi connectivity index (χ0n) is 19.1. The van der Waals surface area contributed by atoms with E-state index in [9.17, 15) is 4.79 Å². The molecule has 0 aliphatic carbocycles. The number of benzene rings is 1. The number of pyridine rings is 1. The van der Waals surface area contributed by atoms with E-state index >= 15 is 0 Å². The second-order valence-corrected chi connectivity index (χ2v) is 7.98. The van der Waals surface area contributed by atoms with Crippen LogP contribution in [0, 0.1) is 0 Å². The van der Waals surface area contributed by atoms with Gasteiger partial charge < -0.3 is 4.57 Å². The Labute approximate surface area is 195 Å². The Balaban J connectivity index is 1.53. The summed E-state index contributed by atoms with van der Waals surface area (Å²) in [6, 6.07) is 9.96. The normalized spacial score (nSPS) is 11.2. The molecule has 4 heterocycles.